The average Bonchev–Trinajstić information content (AvgIpc) is 2.73. The number of phenols is 1. The van der Waals surface area contributed by atoms with Gasteiger partial charge in [-0.15, -0.1) is 0 Å². The summed E-state index contributed by atoms with van der Waals surface area (Å²) >= 11 is 0. The Labute approximate surface area is 164 Å². The molecule has 0 saturated heterocycles. The quantitative estimate of drug-likeness (QED) is 0.583. The number of aryl methyl sites for hydroxylation is 1. The van der Waals surface area contributed by atoms with Crippen molar-refractivity contribution in [2.75, 3.05) is 13.9 Å². The molecule has 0 atom stereocenters. The second-order valence-electron chi connectivity index (χ2n) is 6.57. The van der Waals surface area contributed by atoms with Crippen LogP contribution in [0.15, 0.2) is 48.5 Å². The maximum atomic E-state index is 14.3. The highest BCUT2D eigenvalue weighted by Crippen LogP contribution is 2.31. The van der Waals surface area contributed by atoms with E-state index in [-0.39, 0.29) is 12.5 Å². The number of aromatic hydroxyl groups is 1. The summed E-state index contributed by atoms with van der Waals surface area (Å²) in [5.74, 6) is -0.254. The van der Waals surface area contributed by atoms with E-state index in [9.17, 15) is 9.50 Å². The molecule has 4 nitrogen and oxygen atoms in total. The Balaban J connectivity index is 2.04. The number of nitrogens with zero attached hydrogens (tertiary/aromatic N) is 1. The van der Waals surface area contributed by atoms with Crippen LogP contribution in [0.2, 0.25) is 0 Å². The summed E-state index contributed by atoms with van der Waals surface area (Å²) in [5, 5.41) is 9.80. The van der Waals surface area contributed by atoms with Gasteiger partial charge in [-0.3, -0.25) is 0 Å². The van der Waals surface area contributed by atoms with Crippen LogP contribution in [-0.2, 0) is 17.6 Å². The first-order chi connectivity index (χ1) is 13.5. The van der Waals surface area contributed by atoms with E-state index in [0.29, 0.717) is 29.8 Å². The summed E-state index contributed by atoms with van der Waals surface area (Å²) in [6.45, 7) is 3.81. The molecule has 1 aromatic heterocycles. The van der Waals surface area contributed by atoms with Crippen LogP contribution in [0.4, 0.5) is 4.39 Å². The van der Waals surface area contributed by atoms with Crippen molar-refractivity contribution in [3.05, 3.63) is 76.7 Å². The first kappa shape index (κ1) is 19.8. The van der Waals surface area contributed by atoms with Gasteiger partial charge in [-0.05, 0) is 48.2 Å². The summed E-state index contributed by atoms with van der Waals surface area (Å²) in [6, 6.07) is 15.0. The van der Waals surface area contributed by atoms with Gasteiger partial charge in [0.25, 0.3) is 0 Å². The number of benzene rings is 2. The zero-order valence-electron chi connectivity index (χ0n) is 16.3. The third-order valence-electron chi connectivity index (χ3n) is 4.74. The van der Waals surface area contributed by atoms with Gasteiger partial charge in [0.05, 0.1) is 0 Å². The molecule has 0 amide bonds. The third kappa shape index (κ3) is 4.15. The molecule has 0 spiro atoms. The van der Waals surface area contributed by atoms with Gasteiger partial charge < -0.3 is 14.6 Å². The van der Waals surface area contributed by atoms with Crippen molar-refractivity contribution in [2.24, 2.45) is 0 Å². The lowest BCUT2D eigenvalue weighted by Crippen LogP contribution is -2.05. The Morgan fingerprint density at radius 3 is 2.54 bits per heavy atom. The molecule has 1 heterocycles. The molecule has 0 aliphatic carbocycles. The van der Waals surface area contributed by atoms with Gasteiger partial charge in [0.1, 0.15) is 11.4 Å². The fourth-order valence-electron chi connectivity index (χ4n) is 3.25. The number of ether oxygens (including phenoxy) is 2. The van der Waals surface area contributed by atoms with Crippen LogP contribution >= 0.6 is 0 Å². The fourth-order valence-corrected chi connectivity index (χ4v) is 3.25. The number of rotatable bonds is 7. The second kappa shape index (κ2) is 8.85. The summed E-state index contributed by atoms with van der Waals surface area (Å²) < 4.78 is 24.9. The average molecular weight is 381 g/mol. The van der Waals surface area contributed by atoms with Gasteiger partial charge in [-0.25, -0.2) is 9.37 Å². The lowest BCUT2D eigenvalue weighted by molar-refractivity contribution is 0.0513. The molecule has 0 fully saturated rings. The Bertz CT molecular complexity index is 958. The minimum absolute atomic E-state index is 0.128. The maximum absolute atomic E-state index is 14.3. The minimum Gasteiger partial charge on any atom is -0.505 e. The highest BCUT2D eigenvalue weighted by molar-refractivity contribution is 5.66. The Morgan fingerprint density at radius 1 is 1.11 bits per heavy atom. The normalized spacial score (nSPS) is 10.9. The van der Waals surface area contributed by atoms with Gasteiger partial charge in [0, 0.05) is 24.8 Å². The zero-order valence-corrected chi connectivity index (χ0v) is 16.3. The van der Waals surface area contributed by atoms with Crippen LogP contribution in [-0.4, -0.2) is 24.0 Å². The molecule has 0 aliphatic heterocycles. The van der Waals surface area contributed by atoms with Gasteiger partial charge in [0.2, 0.25) is 0 Å². The molecule has 0 bridgehead atoms. The maximum Gasteiger partial charge on any atom is 0.188 e. The molecule has 5 heteroatoms. The number of hydrogen-bond donors (Lipinski definition) is 1. The molecule has 0 aliphatic rings. The highest BCUT2D eigenvalue weighted by atomic mass is 19.1. The van der Waals surface area contributed by atoms with Gasteiger partial charge in [-0.2, -0.15) is 0 Å². The van der Waals surface area contributed by atoms with E-state index in [1.54, 1.807) is 14.0 Å². The van der Waals surface area contributed by atoms with E-state index in [2.05, 4.69) is 0 Å². The molecule has 3 aromatic rings. The molecular formula is C23H24FNO3. The van der Waals surface area contributed by atoms with Gasteiger partial charge in [0.15, 0.2) is 18.4 Å². The molecule has 0 saturated carbocycles. The number of halogens is 1. The fraction of sp³-hybridized carbons (Fsp3) is 0.261. The standard InChI is InChI=1S/C23H24FNO3/c1-4-16-12-20(26)22(24)15(2)19(16)13-18-10-11-21(28-14-27-3)23(25-18)17-8-6-5-7-9-17/h5-12,26H,4,13-14H2,1-3H3. The predicted molar refractivity (Wildman–Crippen MR) is 107 cm³/mol. The summed E-state index contributed by atoms with van der Waals surface area (Å²) in [7, 11) is 1.57. The predicted octanol–water partition coefficient (Wildman–Crippen LogP) is 5.04. The first-order valence-corrected chi connectivity index (χ1v) is 9.22. The van der Waals surface area contributed by atoms with Crippen molar-refractivity contribution in [3.63, 3.8) is 0 Å². The third-order valence-corrected chi connectivity index (χ3v) is 4.74. The molecule has 28 heavy (non-hydrogen) atoms. The molecule has 2 aromatic carbocycles. The van der Waals surface area contributed by atoms with E-state index < -0.39 is 5.82 Å². The SMILES string of the molecule is CCc1cc(O)c(F)c(C)c1Cc1ccc(OCOC)c(-c2ccccc2)n1. The second-order valence-corrected chi connectivity index (χ2v) is 6.57. The van der Waals surface area contributed by atoms with Crippen LogP contribution in [0.25, 0.3) is 11.3 Å². The molecule has 0 radical (unpaired) electrons. The minimum atomic E-state index is -0.574. The van der Waals surface area contributed by atoms with Crippen LogP contribution in [0.1, 0.15) is 29.3 Å². The Kier molecular flexibility index (Phi) is 6.26. The monoisotopic (exact) mass is 381 g/mol. The van der Waals surface area contributed by atoms with E-state index in [0.717, 1.165) is 22.4 Å². The van der Waals surface area contributed by atoms with Gasteiger partial charge >= 0.3 is 0 Å². The topological polar surface area (TPSA) is 51.6 Å². The van der Waals surface area contributed by atoms with E-state index in [1.807, 2.05) is 49.4 Å². The number of pyridine rings is 1. The summed E-state index contributed by atoms with van der Waals surface area (Å²) in [6.07, 6.45) is 1.17. The van der Waals surface area contributed by atoms with E-state index in [1.165, 1.54) is 6.07 Å². The van der Waals surface area contributed by atoms with Gasteiger partial charge in [-0.1, -0.05) is 37.3 Å². The van der Waals surface area contributed by atoms with E-state index >= 15 is 0 Å². The molecule has 146 valence electrons. The van der Waals surface area contributed by atoms with Crippen molar-refractivity contribution in [1.29, 1.82) is 0 Å². The van der Waals surface area contributed by atoms with Crippen molar-refractivity contribution in [1.82, 2.24) is 4.98 Å². The lowest BCUT2D eigenvalue weighted by Gasteiger charge is -2.15. The van der Waals surface area contributed by atoms with E-state index in [4.69, 9.17) is 14.5 Å². The molecule has 0 unspecified atom stereocenters. The van der Waals surface area contributed by atoms with Crippen molar-refractivity contribution in [2.45, 2.75) is 26.7 Å². The first-order valence-electron chi connectivity index (χ1n) is 9.22. The number of phenolic OH excluding ortho intramolecular Hbond substituents is 1. The van der Waals surface area contributed by atoms with Crippen LogP contribution < -0.4 is 4.74 Å². The number of methoxy groups -OCH3 is 1. The lowest BCUT2D eigenvalue weighted by atomic mass is 9.94. The molecule has 1 N–H and O–H groups in total. The van der Waals surface area contributed by atoms with Crippen LogP contribution in [0.5, 0.6) is 11.5 Å². The van der Waals surface area contributed by atoms with Crippen molar-refractivity contribution < 1.29 is 19.0 Å². The summed E-state index contributed by atoms with van der Waals surface area (Å²) in [4.78, 5) is 4.79. The largest absolute Gasteiger partial charge is 0.505 e. The number of hydrogen-bond acceptors (Lipinski definition) is 4. The molecule has 3 rings (SSSR count). The van der Waals surface area contributed by atoms with Crippen molar-refractivity contribution >= 4 is 0 Å². The Morgan fingerprint density at radius 2 is 1.86 bits per heavy atom. The van der Waals surface area contributed by atoms with Crippen LogP contribution in [0, 0.1) is 12.7 Å². The highest BCUT2D eigenvalue weighted by Gasteiger charge is 2.16. The Hall–Kier alpha value is -2.92. The zero-order chi connectivity index (χ0) is 20.1. The van der Waals surface area contributed by atoms with Crippen LogP contribution in [0.3, 0.4) is 0 Å². The summed E-state index contributed by atoms with van der Waals surface area (Å²) in [5.41, 5.74) is 4.67. The number of aromatic nitrogens is 1. The van der Waals surface area contributed by atoms with Crippen molar-refractivity contribution in [3.8, 4) is 22.8 Å². The smallest absolute Gasteiger partial charge is 0.188 e. The molecular weight excluding hydrogens is 357 g/mol.